The molecule has 1 aliphatic rings. The minimum absolute atomic E-state index is 0.0163. The number of carbonyl (C=O) groups is 2. The van der Waals surface area contributed by atoms with Crippen molar-refractivity contribution in [2.75, 3.05) is 25.7 Å². The summed E-state index contributed by atoms with van der Waals surface area (Å²) >= 11 is 0. The van der Waals surface area contributed by atoms with E-state index >= 15 is 0 Å². The first-order chi connectivity index (χ1) is 18.9. The lowest BCUT2D eigenvalue weighted by Gasteiger charge is -2.26. The van der Waals surface area contributed by atoms with Crippen LogP contribution in [-0.2, 0) is 16.0 Å². The Morgan fingerprint density at radius 3 is 2.05 bits per heavy atom. The van der Waals surface area contributed by atoms with Crippen molar-refractivity contribution in [2.45, 2.75) is 45.6 Å². The molecule has 39 heavy (non-hydrogen) atoms. The molecule has 0 aromatic heterocycles. The molecule has 0 radical (unpaired) electrons. The first kappa shape index (κ1) is 27.8. The molecule has 3 aromatic rings. The van der Waals surface area contributed by atoms with E-state index in [-0.39, 0.29) is 11.3 Å². The van der Waals surface area contributed by atoms with Gasteiger partial charge in [-0.1, -0.05) is 51.0 Å². The summed E-state index contributed by atoms with van der Waals surface area (Å²) in [5, 5.41) is 11.4. The summed E-state index contributed by atoms with van der Waals surface area (Å²) in [5.41, 5.74) is 2.68. The van der Waals surface area contributed by atoms with E-state index in [1.165, 1.54) is 19.1 Å². The summed E-state index contributed by atoms with van der Waals surface area (Å²) in [4.78, 5) is 28.4. The van der Waals surface area contributed by atoms with Gasteiger partial charge in [-0.15, -0.1) is 0 Å². The van der Waals surface area contributed by atoms with Gasteiger partial charge in [0.1, 0.15) is 23.0 Å². The molecule has 0 spiro atoms. The van der Waals surface area contributed by atoms with Gasteiger partial charge in [-0.25, -0.2) is 0 Å². The Morgan fingerprint density at radius 1 is 0.846 bits per heavy atom. The third kappa shape index (κ3) is 5.93. The van der Waals surface area contributed by atoms with Crippen LogP contribution in [0.2, 0.25) is 0 Å². The summed E-state index contributed by atoms with van der Waals surface area (Å²) in [7, 11) is 3.04. The second-order valence-corrected chi connectivity index (χ2v) is 9.42. The highest BCUT2D eigenvalue weighted by molar-refractivity contribution is 6.51. The Kier molecular flexibility index (Phi) is 8.92. The van der Waals surface area contributed by atoms with Crippen LogP contribution in [0.25, 0.3) is 5.76 Å². The average molecular weight is 530 g/mol. The Labute approximate surface area is 229 Å². The number of aliphatic hydroxyl groups is 1. The van der Waals surface area contributed by atoms with Crippen molar-refractivity contribution in [3.8, 4) is 17.2 Å². The molecule has 3 aromatic carbocycles. The Balaban J connectivity index is 1.80. The van der Waals surface area contributed by atoms with Gasteiger partial charge >= 0.3 is 0 Å². The first-order valence-electron chi connectivity index (χ1n) is 13.3. The molecule has 7 heteroatoms. The van der Waals surface area contributed by atoms with E-state index < -0.39 is 17.7 Å². The van der Waals surface area contributed by atoms with E-state index in [0.29, 0.717) is 40.7 Å². The highest BCUT2D eigenvalue weighted by Gasteiger charge is 2.47. The number of ketones is 1. The number of aliphatic hydroxyl groups excluding tert-OH is 1. The number of anilines is 1. The molecule has 1 unspecified atom stereocenters. The van der Waals surface area contributed by atoms with Crippen LogP contribution in [0.15, 0.2) is 72.3 Å². The molecule has 0 saturated carbocycles. The van der Waals surface area contributed by atoms with Crippen molar-refractivity contribution in [3.05, 3.63) is 89.0 Å². The Morgan fingerprint density at radius 2 is 1.49 bits per heavy atom. The minimum Gasteiger partial charge on any atom is -0.507 e. The standard InChI is InChI=1S/C32H35NO6/c1-5-7-8-17-39-25-15-13-23(14-16-25)30(34)28-29(22-11-9-21(6-2)10-12-22)33(32(36)31(28)35)24-18-26(37-3)20-27(19-24)38-4/h9-16,18-20,29,34H,5-8,17H2,1-4H3/b30-28+. The number of nitrogens with zero attached hydrogens (tertiary/aromatic N) is 1. The summed E-state index contributed by atoms with van der Waals surface area (Å²) in [6, 6.07) is 18.8. The predicted octanol–water partition coefficient (Wildman–Crippen LogP) is 6.46. The fourth-order valence-corrected chi connectivity index (χ4v) is 4.69. The van der Waals surface area contributed by atoms with Crippen LogP contribution in [0.5, 0.6) is 17.2 Å². The van der Waals surface area contributed by atoms with Gasteiger partial charge in [0.25, 0.3) is 11.7 Å². The van der Waals surface area contributed by atoms with Crippen LogP contribution in [0.1, 0.15) is 55.8 Å². The van der Waals surface area contributed by atoms with Crippen LogP contribution in [0, 0.1) is 0 Å². The van der Waals surface area contributed by atoms with E-state index in [2.05, 4.69) is 13.8 Å². The molecular weight excluding hydrogens is 494 g/mol. The summed E-state index contributed by atoms with van der Waals surface area (Å²) < 4.78 is 16.6. The number of carbonyl (C=O) groups excluding carboxylic acids is 2. The average Bonchev–Trinajstić information content (AvgIpc) is 3.24. The van der Waals surface area contributed by atoms with E-state index in [4.69, 9.17) is 14.2 Å². The van der Waals surface area contributed by atoms with Crippen LogP contribution >= 0.6 is 0 Å². The van der Waals surface area contributed by atoms with Crippen LogP contribution in [-0.4, -0.2) is 37.6 Å². The second-order valence-electron chi connectivity index (χ2n) is 9.42. The summed E-state index contributed by atoms with van der Waals surface area (Å²) in [5.74, 6) is -0.126. The van der Waals surface area contributed by atoms with E-state index in [0.717, 1.165) is 31.2 Å². The lowest BCUT2D eigenvalue weighted by Crippen LogP contribution is -2.29. The molecule has 1 amide bonds. The molecule has 7 nitrogen and oxygen atoms in total. The van der Waals surface area contributed by atoms with Gasteiger partial charge in [0.15, 0.2) is 0 Å². The lowest BCUT2D eigenvalue weighted by atomic mass is 9.94. The number of ether oxygens (including phenoxy) is 3. The normalized spacial score (nSPS) is 16.4. The maximum absolute atomic E-state index is 13.5. The van der Waals surface area contributed by atoms with Crippen LogP contribution < -0.4 is 19.1 Å². The molecule has 1 heterocycles. The number of benzene rings is 3. The zero-order valence-electron chi connectivity index (χ0n) is 22.9. The maximum atomic E-state index is 13.5. The van der Waals surface area contributed by atoms with Crippen molar-refractivity contribution in [2.24, 2.45) is 0 Å². The van der Waals surface area contributed by atoms with Crippen molar-refractivity contribution >= 4 is 23.1 Å². The highest BCUT2D eigenvalue weighted by Crippen LogP contribution is 2.44. The zero-order chi connectivity index (χ0) is 27.9. The molecule has 0 aliphatic carbocycles. The molecule has 1 fully saturated rings. The summed E-state index contributed by atoms with van der Waals surface area (Å²) in [6.07, 6.45) is 4.02. The number of hydrogen-bond acceptors (Lipinski definition) is 6. The lowest BCUT2D eigenvalue weighted by molar-refractivity contribution is -0.132. The molecule has 0 bridgehead atoms. The SMILES string of the molecule is CCCCCOc1ccc(/C(O)=C2\C(=O)C(=O)N(c3cc(OC)cc(OC)c3)C2c2ccc(CC)cc2)cc1. The first-order valence-corrected chi connectivity index (χ1v) is 13.3. The molecule has 204 valence electrons. The molecule has 1 saturated heterocycles. The van der Waals surface area contributed by atoms with Crippen molar-refractivity contribution in [3.63, 3.8) is 0 Å². The quantitative estimate of drug-likeness (QED) is 0.133. The number of rotatable bonds is 11. The number of amides is 1. The topological polar surface area (TPSA) is 85.3 Å². The van der Waals surface area contributed by atoms with Crippen molar-refractivity contribution in [1.29, 1.82) is 0 Å². The third-order valence-electron chi connectivity index (χ3n) is 6.91. The fraction of sp³-hybridized carbons (Fsp3) is 0.312. The van der Waals surface area contributed by atoms with E-state index in [1.807, 2.05) is 24.3 Å². The van der Waals surface area contributed by atoms with Gasteiger partial charge in [0.05, 0.1) is 38.1 Å². The maximum Gasteiger partial charge on any atom is 0.300 e. The highest BCUT2D eigenvalue weighted by atomic mass is 16.5. The van der Waals surface area contributed by atoms with E-state index in [1.54, 1.807) is 42.5 Å². The Bertz CT molecular complexity index is 1320. The number of Topliss-reactive ketones (excluding diaryl/α,β-unsaturated/α-hetero) is 1. The smallest absolute Gasteiger partial charge is 0.300 e. The molecule has 4 rings (SSSR count). The second kappa shape index (κ2) is 12.5. The molecule has 1 N–H and O–H groups in total. The molecule has 1 aliphatic heterocycles. The zero-order valence-corrected chi connectivity index (χ0v) is 22.9. The number of methoxy groups -OCH3 is 2. The van der Waals surface area contributed by atoms with Gasteiger partial charge in [-0.2, -0.15) is 0 Å². The minimum atomic E-state index is -0.849. The largest absolute Gasteiger partial charge is 0.507 e. The van der Waals surface area contributed by atoms with Crippen molar-refractivity contribution < 1.29 is 28.9 Å². The number of hydrogen-bond donors (Lipinski definition) is 1. The van der Waals surface area contributed by atoms with Gasteiger partial charge in [-0.05, 0) is 48.2 Å². The molecule has 1 atom stereocenters. The van der Waals surface area contributed by atoms with Gasteiger partial charge in [0, 0.05) is 23.8 Å². The van der Waals surface area contributed by atoms with Gasteiger partial charge in [0.2, 0.25) is 0 Å². The van der Waals surface area contributed by atoms with Crippen LogP contribution in [0.4, 0.5) is 5.69 Å². The fourth-order valence-electron chi connectivity index (χ4n) is 4.69. The van der Waals surface area contributed by atoms with Gasteiger partial charge < -0.3 is 19.3 Å². The predicted molar refractivity (Wildman–Crippen MR) is 152 cm³/mol. The van der Waals surface area contributed by atoms with Gasteiger partial charge in [-0.3, -0.25) is 14.5 Å². The Hall–Kier alpha value is -4.26. The monoisotopic (exact) mass is 529 g/mol. The third-order valence-corrected chi connectivity index (χ3v) is 6.91. The van der Waals surface area contributed by atoms with Crippen LogP contribution in [0.3, 0.4) is 0 Å². The molecular formula is C32H35NO6. The van der Waals surface area contributed by atoms with E-state index in [9.17, 15) is 14.7 Å². The number of aryl methyl sites for hydroxylation is 1. The number of unbranched alkanes of at least 4 members (excludes halogenated alkanes) is 2. The summed E-state index contributed by atoms with van der Waals surface area (Å²) in [6.45, 7) is 4.81. The van der Waals surface area contributed by atoms with Crippen molar-refractivity contribution in [1.82, 2.24) is 0 Å².